The molecule has 0 amide bonds. The van der Waals surface area contributed by atoms with E-state index in [-0.39, 0.29) is 6.10 Å². The Labute approximate surface area is 73.3 Å². The summed E-state index contributed by atoms with van der Waals surface area (Å²) in [6.07, 6.45) is 0.164. The van der Waals surface area contributed by atoms with Gasteiger partial charge >= 0.3 is 0 Å². The van der Waals surface area contributed by atoms with Crippen molar-refractivity contribution >= 4 is 0 Å². The molecule has 1 atom stereocenters. The summed E-state index contributed by atoms with van der Waals surface area (Å²) in [5.74, 6) is 0. The van der Waals surface area contributed by atoms with E-state index in [0.29, 0.717) is 6.54 Å². The Morgan fingerprint density at radius 3 is 2.33 bits per heavy atom. The van der Waals surface area contributed by atoms with Crippen LogP contribution in [0.4, 0.5) is 0 Å². The Balaban J connectivity index is 2.77. The Morgan fingerprint density at radius 2 is 1.92 bits per heavy atom. The molecule has 1 unspecified atom stereocenters. The fourth-order valence-corrected chi connectivity index (χ4v) is 1.06. The molecule has 0 radical (unpaired) electrons. The number of nitrogens with two attached hydrogens (primary N) is 1. The van der Waals surface area contributed by atoms with Crippen LogP contribution in [0, 0.1) is 0 Å². The number of hydrogen-bond acceptors (Lipinski definition) is 2. The van der Waals surface area contributed by atoms with Crippen molar-refractivity contribution in [2.45, 2.75) is 19.6 Å². The van der Waals surface area contributed by atoms with Crippen molar-refractivity contribution in [2.24, 2.45) is 5.73 Å². The number of methoxy groups -OCH3 is 1. The lowest BCUT2D eigenvalue weighted by molar-refractivity contribution is 0.119. The Hall–Kier alpha value is -0.860. The minimum atomic E-state index is 0.164. The standard InChI is InChI=1S/C10H15NO/c1-8(12-2)10-5-3-9(7-11)4-6-10/h3-6,8H,7,11H2,1-2H3. The number of rotatable bonds is 3. The van der Waals surface area contributed by atoms with E-state index in [1.807, 2.05) is 19.1 Å². The van der Waals surface area contributed by atoms with Gasteiger partial charge in [0.05, 0.1) is 6.10 Å². The highest BCUT2D eigenvalue weighted by Gasteiger charge is 2.01. The maximum Gasteiger partial charge on any atom is 0.0793 e. The molecule has 0 aliphatic rings. The maximum atomic E-state index is 5.48. The van der Waals surface area contributed by atoms with Gasteiger partial charge in [-0.2, -0.15) is 0 Å². The van der Waals surface area contributed by atoms with Crippen molar-refractivity contribution in [1.29, 1.82) is 0 Å². The fourth-order valence-electron chi connectivity index (χ4n) is 1.06. The highest BCUT2D eigenvalue weighted by molar-refractivity contribution is 5.23. The first-order valence-corrected chi connectivity index (χ1v) is 4.09. The second kappa shape index (κ2) is 4.24. The summed E-state index contributed by atoms with van der Waals surface area (Å²) in [5, 5.41) is 0. The van der Waals surface area contributed by atoms with E-state index in [1.165, 1.54) is 5.56 Å². The average Bonchev–Trinajstić information content (AvgIpc) is 2.17. The molecule has 12 heavy (non-hydrogen) atoms. The molecular formula is C10H15NO. The average molecular weight is 165 g/mol. The van der Waals surface area contributed by atoms with Crippen LogP contribution in [0.1, 0.15) is 24.2 Å². The van der Waals surface area contributed by atoms with E-state index in [9.17, 15) is 0 Å². The molecule has 2 N–H and O–H groups in total. The van der Waals surface area contributed by atoms with Crippen molar-refractivity contribution in [2.75, 3.05) is 7.11 Å². The van der Waals surface area contributed by atoms with Crippen molar-refractivity contribution < 1.29 is 4.74 Å². The van der Waals surface area contributed by atoms with Crippen LogP contribution in [0.25, 0.3) is 0 Å². The fraction of sp³-hybridized carbons (Fsp3) is 0.400. The number of benzene rings is 1. The van der Waals surface area contributed by atoms with E-state index in [0.717, 1.165) is 5.56 Å². The summed E-state index contributed by atoms with van der Waals surface area (Å²) in [7, 11) is 1.71. The van der Waals surface area contributed by atoms with Crippen LogP contribution in [-0.2, 0) is 11.3 Å². The van der Waals surface area contributed by atoms with Crippen molar-refractivity contribution in [1.82, 2.24) is 0 Å². The van der Waals surface area contributed by atoms with E-state index in [4.69, 9.17) is 10.5 Å². The van der Waals surface area contributed by atoms with Gasteiger partial charge in [0.2, 0.25) is 0 Å². The predicted octanol–water partition coefficient (Wildman–Crippen LogP) is 1.85. The smallest absolute Gasteiger partial charge is 0.0793 e. The first-order valence-electron chi connectivity index (χ1n) is 4.09. The Morgan fingerprint density at radius 1 is 1.33 bits per heavy atom. The lowest BCUT2D eigenvalue weighted by Gasteiger charge is -2.09. The molecule has 0 aliphatic heterocycles. The Kier molecular flexibility index (Phi) is 3.26. The third kappa shape index (κ3) is 2.06. The molecule has 1 aromatic rings. The first kappa shape index (κ1) is 9.23. The third-order valence-corrected chi connectivity index (χ3v) is 2.04. The zero-order chi connectivity index (χ0) is 8.97. The zero-order valence-corrected chi connectivity index (χ0v) is 7.58. The molecule has 0 bridgehead atoms. The highest BCUT2D eigenvalue weighted by atomic mass is 16.5. The molecule has 1 rings (SSSR count). The highest BCUT2D eigenvalue weighted by Crippen LogP contribution is 2.15. The molecule has 0 fully saturated rings. The van der Waals surface area contributed by atoms with Gasteiger partial charge in [0, 0.05) is 13.7 Å². The van der Waals surface area contributed by atoms with Crippen LogP contribution in [0.2, 0.25) is 0 Å². The normalized spacial score (nSPS) is 12.9. The van der Waals surface area contributed by atoms with E-state index in [2.05, 4.69) is 12.1 Å². The molecule has 0 spiro atoms. The summed E-state index contributed by atoms with van der Waals surface area (Å²) in [6.45, 7) is 2.62. The molecule has 0 saturated carbocycles. The second-order valence-electron chi connectivity index (χ2n) is 2.82. The first-order chi connectivity index (χ1) is 5.77. The third-order valence-electron chi connectivity index (χ3n) is 2.04. The summed E-state index contributed by atoms with van der Waals surface area (Å²) in [6, 6.07) is 8.17. The summed E-state index contributed by atoms with van der Waals surface area (Å²) < 4.78 is 5.18. The van der Waals surface area contributed by atoms with E-state index < -0.39 is 0 Å². The van der Waals surface area contributed by atoms with Crippen molar-refractivity contribution in [3.05, 3.63) is 35.4 Å². The van der Waals surface area contributed by atoms with Crippen LogP contribution in [0.3, 0.4) is 0 Å². The minimum absolute atomic E-state index is 0.164. The second-order valence-corrected chi connectivity index (χ2v) is 2.82. The van der Waals surface area contributed by atoms with E-state index >= 15 is 0 Å². The predicted molar refractivity (Wildman–Crippen MR) is 49.8 cm³/mol. The molecule has 66 valence electrons. The Bertz CT molecular complexity index is 230. The van der Waals surface area contributed by atoms with Gasteiger partial charge in [-0.3, -0.25) is 0 Å². The molecule has 0 saturated heterocycles. The summed E-state index contributed by atoms with van der Waals surface area (Å²) in [5.41, 5.74) is 7.82. The van der Waals surface area contributed by atoms with Crippen LogP contribution in [0.5, 0.6) is 0 Å². The van der Waals surface area contributed by atoms with Gasteiger partial charge < -0.3 is 10.5 Å². The summed E-state index contributed by atoms with van der Waals surface area (Å²) >= 11 is 0. The lowest BCUT2D eigenvalue weighted by Crippen LogP contribution is -1.98. The number of hydrogen-bond donors (Lipinski definition) is 1. The molecule has 2 heteroatoms. The molecule has 0 aromatic heterocycles. The maximum absolute atomic E-state index is 5.48. The lowest BCUT2D eigenvalue weighted by atomic mass is 10.1. The quantitative estimate of drug-likeness (QED) is 0.741. The number of ether oxygens (including phenoxy) is 1. The monoisotopic (exact) mass is 165 g/mol. The molecule has 2 nitrogen and oxygen atoms in total. The topological polar surface area (TPSA) is 35.2 Å². The van der Waals surface area contributed by atoms with Crippen LogP contribution < -0.4 is 5.73 Å². The summed E-state index contributed by atoms with van der Waals surface area (Å²) in [4.78, 5) is 0. The zero-order valence-electron chi connectivity index (χ0n) is 7.58. The molecular weight excluding hydrogens is 150 g/mol. The van der Waals surface area contributed by atoms with Gasteiger partial charge in [0.25, 0.3) is 0 Å². The van der Waals surface area contributed by atoms with Gasteiger partial charge in [0.1, 0.15) is 0 Å². The van der Waals surface area contributed by atoms with Crippen LogP contribution in [0.15, 0.2) is 24.3 Å². The van der Waals surface area contributed by atoms with Crippen LogP contribution >= 0.6 is 0 Å². The molecule has 0 heterocycles. The van der Waals surface area contributed by atoms with Crippen LogP contribution in [-0.4, -0.2) is 7.11 Å². The largest absolute Gasteiger partial charge is 0.377 e. The van der Waals surface area contributed by atoms with Crippen molar-refractivity contribution in [3.8, 4) is 0 Å². The molecule has 0 aliphatic carbocycles. The van der Waals surface area contributed by atoms with Crippen molar-refractivity contribution in [3.63, 3.8) is 0 Å². The van der Waals surface area contributed by atoms with Gasteiger partial charge in [0.15, 0.2) is 0 Å². The van der Waals surface area contributed by atoms with Gasteiger partial charge in [-0.15, -0.1) is 0 Å². The van der Waals surface area contributed by atoms with E-state index in [1.54, 1.807) is 7.11 Å². The van der Waals surface area contributed by atoms with Gasteiger partial charge in [-0.25, -0.2) is 0 Å². The molecule has 1 aromatic carbocycles. The van der Waals surface area contributed by atoms with Gasteiger partial charge in [-0.05, 0) is 18.1 Å². The van der Waals surface area contributed by atoms with Gasteiger partial charge in [-0.1, -0.05) is 24.3 Å². The SMILES string of the molecule is COC(C)c1ccc(CN)cc1. The minimum Gasteiger partial charge on any atom is -0.377 e.